The number of carbonyl (C=O) groups excluding carboxylic acids is 1. The van der Waals surface area contributed by atoms with Crippen LogP contribution in [-0.4, -0.2) is 31.8 Å². The molecule has 2 N–H and O–H groups in total. The molecule has 0 amide bonds. The van der Waals surface area contributed by atoms with Crippen LogP contribution in [0.5, 0.6) is 0 Å². The van der Waals surface area contributed by atoms with Crippen LogP contribution in [0.15, 0.2) is 0 Å². The molecule has 4 nitrogen and oxygen atoms in total. The molecule has 0 spiro atoms. The van der Waals surface area contributed by atoms with E-state index in [1.807, 2.05) is 13.8 Å². The van der Waals surface area contributed by atoms with E-state index in [0.29, 0.717) is 13.2 Å². The van der Waals surface area contributed by atoms with Crippen molar-refractivity contribution in [3.63, 3.8) is 0 Å². The molecule has 0 fully saturated rings. The van der Waals surface area contributed by atoms with Crippen molar-refractivity contribution in [1.29, 1.82) is 0 Å². The summed E-state index contributed by atoms with van der Waals surface area (Å²) in [5.41, 5.74) is 5.06. The molecule has 0 rings (SSSR count). The van der Waals surface area contributed by atoms with E-state index in [9.17, 15) is 4.79 Å². The summed E-state index contributed by atoms with van der Waals surface area (Å²) in [6.45, 7) is 4.56. The number of carbonyl (C=O) groups is 1. The van der Waals surface area contributed by atoms with Crippen LogP contribution < -0.4 is 5.73 Å². The number of esters is 1. The lowest BCUT2D eigenvalue weighted by atomic mass is 10.1. The number of hydrogen-bond acceptors (Lipinski definition) is 4. The van der Waals surface area contributed by atoms with Crippen molar-refractivity contribution in [2.24, 2.45) is 5.73 Å². The lowest BCUT2D eigenvalue weighted by Gasteiger charge is -2.22. The topological polar surface area (TPSA) is 61.5 Å². The lowest BCUT2D eigenvalue weighted by Crippen LogP contribution is -2.34. The highest BCUT2D eigenvalue weighted by molar-refractivity contribution is 5.69. The second-order valence-corrected chi connectivity index (χ2v) is 3.14. The molecule has 0 aliphatic carbocycles. The zero-order valence-corrected chi connectivity index (χ0v) is 7.92. The molecule has 0 aromatic rings. The maximum absolute atomic E-state index is 10.7. The molecule has 0 aliphatic rings. The number of methoxy groups -OCH3 is 1. The first-order valence-corrected chi connectivity index (χ1v) is 3.92. The van der Waals surface area contributed by atoms with E-state index in [1.54, 1.807) is 0 Å². The van der Waals surface area contributed by atoms with Crippen LogP contribution in [0.4, 0.5) is 0 Å². The largest absolute Gasteiger partial charge is 0.469 e. The third kappa shape index (κ3) is 5.09. The van der Waals surface area contributed by atoms with E-state index in [1.165, 1.54) is 7.11 Å². The first-order valence-electron chi connectivity index (χ1n) is 3.92. The summed E-state index contributed by atoms with van der Waals surface area (Å²) in [6, 6.07) is 0. The summed E-state index contributed by atoms with van der Waals surface area (Å²) < 4.78 is 9.77. The Morgan fingerprint density at radius 1 is 1.50 bits per heavy atom. The summed E-state index contributed by atoms with van der Waals surface area (Å²) in [5.74, 6) is -0.261. The van der Waals surface area contributed by atoms with Gasteiger partial charge in [0.2, 0.25) is 0 Å². The van der Waals surface area contributed by atoms with Gasteiger partial charge in [-0.15, -0.1) is 0 Å². The van der Waals surface area contributed by atoms with Crippen molar-refractivity contribution < 1.29 is 14.3 Å². The van der Waals surface area contributed by atoms with E-state index in [-0.39, 0.29) is 18.0 Å². The number of nitrogens with two attached hydrogens (primary N) is 1. The van der Waals surface area contributed by atoms with Crippen LogP contribution in [0.3, 0.4) is 0 Å². The Hall–Kier alpha value is -0.610. The van der Waals surface area contributed by atoms with Crippen molar-refractivity contribution in [2.75, 3.05) is 20.3 Å². The van der Waals surface area contributed by atoms with Crippen LogP contribution >= 0.6 is 0 Å². The minimum atomic E-state index is -0.353. The molecule has 12 heavy (non-hydrogen) atoms. The minimum Gasteiger partial charge on any atom is -0.469 e. The fraction of sp³-hybridized carbons (Fsp3) is 0.875. The third-order valence-electron chi connectivity index (χ3n) is 1.52. The lowest BCUT2D eigenvalue weighted by molar-refractivity contribution is -0.143. The number of hydrogen-bond donors (Lipinski definition) is 1. The average Bonchev–Trinajstić information content (AvgIpc) is 2.04. The Bertz CT molecular complexity index is 145. The first kappa shape index (κ1) is 11.4. The Morgan fingerprint density at radius 2 is 2.08 bits per heavy atom. The summed E-state index contributed by atoms with van der Waals surface area (Å²) >= 11 is 0. The zero-order valence-electron chi connectivity index (χ0n) is 7.92. The third-order valence-corrected chi connectivity index (χ3v) is 1.52. The average molecular weight is 175 g/mol. The van der Waals surface area contributed by atoms with Crippen molar-refractivity contribution in [3.8, 4) is 0 Å². The normalized spacial score (nSPS) is 11.3. The number of ether oxygens (including phenoxy) is 2. The van der Waals surface area contributed by atoms with Crippen LogP contribution in [-0.2, 0) is 14.3 Å². The van der Waals surface area contributed by atoms with E-state index in [0.717, 1.165) is 0 Å². The standard InChI is InChI=1S/C8H17NO3/c1-8(2,6-9)12-5-4-7(10)11-3/h4-6,9H2,1-3H3. The van der Waals surface area contributed by atoms with Crippen molar-refractivity contribution in [2.45, 2.75) is 25.9 Å². The Balaban J connectivity index is 3.49. The Kier molecular flexibility index (Phi) is 4.85. The molecule has 0 aromatic carbocycles. The number of rotatable bonds is 5. The highest BCUT2D eigenvalue weighted by Gasteiger charge is 2.15. The smallest absolute Gasteiger partial charge is 0.307 e. The van der Waals surface area contributed by atoms with Gasteiger partial charge in [0, 0.05) is 6.54 Å². The van der Waals surface area contributed by atoms with Crippen LogP contribution in [0.2, 0.25) is 0 Å². The van der Waals surface area contributed by atoms with E-state index in [4.69, 9.17) is 10.5 Å². The van der Waals surface area contributed by atoms with Gasteiger partial charge in [0.25, 0.3) is 0 Å². The predicted octanol–water partition coefficient (Wildman–Crippen LogP) is 0.303. The Labute approximate surface area is 73.0 Å². The highest BCUT2D eigenvalue weighted by Crippen LogP contribution is 2.06. The van der Waals surface area contributed by atoms with Gasteiger partial charge in [-0.3, -0.25) is 4.79 Å². The maximum atomic E-state index is 10.7. The minimum absolute atomic E-state index is 0.261. The molecule has 0 saturated carbocycles. The molecule has 0 bridgehead atoms. The van der Waals surface area contributed by atoms with Crippen LogP contribution in [0, 0.1) is 0 Å². The summed E-state index contributed by atoms with van der Waals surface area (Å²) in [4.78, 5) is 10.7. The molecule has 0 heterocycles. The van der Waals surface area contributed by atoms with Gasteiger partial charge >= 0.3 is 5.97 Å². The molecule has 0 aliphatic heterocycles. The summed E-state index contributed by atoms with van der Waals surface area (Å²) in [6.07, 6.45) is 0.278. The van der Waals surface area contributed by atoms with Crippen molar-refractivity contribution in [3.05, 3.63) is 0 Å². The predicted molar refractivity (Wildman–Crippen MR) is 45.7 cm³/mol. The van der Waals surface area contributed by atoms with Gasteiger partial charge in [0.15, 0.2) is 0 Å². The van der Waals surface area contributed by atoms with Crippen LogP contribution in [0.1, 0.15) is 20.3 Å². The quantitative estimate of drug-likeness (QED) is 0.610. The van der Waals surface area contributed by atoms with Crippen molar-refractivity contribution in [1.82, 2.24) is 0 Å². The first-order chi connectivity index (χ1) is 5.52. The Morgan fingerprint density at radius 3 is 2.50 bits per heavy atom. The summed E-state index contributed by atoms with van der Waals surface area (Å²) in [5, 5.41) is 0. The molecule has 0 saturated heterocycles. The van der Waals surface area contributed by atoms with Gasteiger partial charge in [-0.2, -0.15) is 0 Å². The highest BCUT2D eigenvalue weighted by atomic mass is 16.5. The molecule has 4 heteroatoms. The molecular formula is C8H17NO3. The van der Waals surface area contributed by atoms with Gasteiger partial charge in [0.05, 0.1) is 25.7 Å². The van der Waals surface area contributed by atoms with E-state index < -0.39 is 0 Å². The van der Waals surface area contributed by atoms with Crippen LogP contribution in [0.25, 0.3) is 0 Å². The van der Waals surface area contributed by atoms with Gasteiger partial charge < -0.3 is 15.2 Å². The summed E-state index contributed by atoms with van der Waals surface area (Å²) in [7, 11) is 1.36. The second-order valence-electron chi connectivity index (χ2n) is 3.14. The fourth-order valence-electron chi connectivity index (χ4n) is 0.572. The molecule has 0 aromatic heterocycles. The monoisotopic (exact) mass is 175 g/mol. The van der Waals surface area contributed by atoms with Gasteiger partial charge in [-0.25, -0.2) is 0 Å². The maximum Gasteiger partial charge on any atom is 0.307 e. The van der Waals surface area contributed by atoms with Gasteiger partial charge in [0.1, 0.15) is 0 Å². The molecule has 72 valence electrons. The fourth-order valence-corrected chi connectivity index (χ4v) is 0.572. The SMILES string of the molecule is COC(=O)CCOC(C)(C)CN. The molecular weight excluding hydrogens is 158 g/mol. The molecule has 0 atom stereocenters. The van der Waals surface area contributed by atoms with Gasteiger partial charge in [-0.05, 0) is 13.8 Å². The second kappa shape index (κ2) is 5.11. The zero-order chi connectivity index (χ0) is 9.61. The molecule has 0 radical (unpaired) electrons. The van der Waals surface area contributed by atoms with Gasteiger partial charge in [-0.1, -0.05) is 0 Å². The van der Waals surface area contributed by atoms with Crippen molar-refractivity contribution >= 4 is 5.97 Å². The van der Waals surface area contributed by atoms with E-state index in [2.05, 4.69) is 4.74 Å². The molecule has 0 unspecified atom stereocenters. The van der Waals surface area contributed by atoms with E-state index >= 15 is 0 Å².